The van der Waals surface area contributed by atoms with Crippen molar-refractivity contribution >= 4 is 27.0 Å². The van der Waals surface area contributed by atoms with Gasteiger partial charge in [0.25, 0.3) is 0 Å². The number of anilines is 1. The minimum absolute atomic E-state index is 0.0300. The first-order valence-corrected chi connectivity index (χ1v) is 8.41. The van der Waals surface area contributed by atoms with Gasteiger partial charge < -0.3 is 5.73 Å². The second kappa shape index (κ2) is 4.83. The van der Waals surface area contributed by atoms with Crippen LogP contribution in [-0.2, 0) is 23.0 Å². The first kappa shape index (κ1) is 13.5. The van der Waals surface area contributed by atoms with E-state index in [0.717, 1.165) is 17.7 Å². The third-order valence-corrected chi connectivity index (χ3v) is 6.30. The lowest BCUT2D eigenvalue weighted by atomic mass is 10.1. The summed E-state index contributed by atoms with van der Waals surface area (Å²) in [5, 5.41) is 1.97. The van der Waals surface area contributed by atoms with E-state index in [1.165, 1.54) is 15.2 Å². The number of fused-ring (bicyclic) bond motifs is 1. The number of benzene rings is 1. The zero-order chi connectivity index (χ0) is 14.3. The Bertz CT molecular complexity index is 755. The van der Waals surface area contributed by atoms with Gasteiger partial charge in [0.15, 0.2) is 0 Å². The smallest absolute Gasteiger partial charge is 0.245 e. The first-order chi connectivity index (χ1) is 9.48. The monoisotopic (exact) mass is 312 g/mol. The average molecular weight is 312 g/mol. The molecule has 0 aliphatic carbocycles. The molecular weight excluding hydrogens is 299 g/mol. The molecule has 1 aromatic carbocycles. The van der Waals surface area contributed by atoms with Crippen LogP contribution < -0.4 is 5.73 Å². The fourth-order valence-corrected chi connectivity index (χ4v) is 4.73. The van der Waals surface area contributed by atoms with Gasteiger partial charge in [-0.2, -0.15) is 4.31 Å². The maximum atomic E-state index is 13.0. The van der Waals surface area contributed by atoms with Gasteiger partial charge in [0.05, 0.1) is 5.69 Å². The Hall–Kier alpha value is -1.44. The topological polar surface area (TPSA) is 63.4 Å². The van der Waals surface area contributed by atoms with E-state index in [9.17, 15) is 12.8 Å². The summed E-state index contributed by atoms with van der Waals surface area (Å²) in [7, 11) is -3.68. The van der Waals surface area contributed by atoms with Crippen LogP contribution in [-0.4, -0.2) is 19.3 Å². The van der Waals surface area contributed by atoms with Crippen LogP contribution in [0.3, 0.4) is 0 Å². The van der Waals surface area contributed by atoms with Gasteiger partial charge in [0.2, 0.25) is 10.0 Å². The average Bonchev–Trinajstić information content (AvgIpc) is 2.85. The molecule has 3 rings (SSSR count). The van der Waals surface area contributed by atoms with Gasteiger partial charge in [0.1, 0.15) is 10.7 Å². The van der Waals surface area contributed by atoms with E-state index in [0.29, 0.717) is 19.5 Å². The second-order valence-electron chi connectivity index (χ2n) is 4.64. The highest BCUT2D eigenvalue weighted by Crippen LogP contribution is 2.30. The molecule has 0 unspecified atom stereocenters. The van der Waals surface area contributed by atoms with E-state index in [-0.39, 0.29) is 10.6 Å². The molecule has 0 spiro atoms. The summed E-state index contributed by atoms with van der Waals surface area (Å²) in [6.45, 7) is 0.768. The Morgan fingerprint density at radius 3 is 2.85 bits per heavy atom. The molecule has 0 fully saturated rings. The van der Waals surface area contributed by atoms with Crippen molar-refractivity contribution in [2.45, 2.75) is 17.9 Å². The lowest BCUT2D eigenvalue weighted by molar-refractivity contribution is 0.394. The van der Waals surface area contributed by atoms with Gasteiger partial charge >= 0.3 is 0 Å². The van der Waals surface area contributed by atoms with Gasteiger partial charge in [0, 0.05) is 18.0 Å². The van der Waals surface area contributed by atoms with Crippen molar-refractivity contribution in [3.05, 3.63) is 45.9 Å². The highest BCUT2D eigenvalue weighted by molar-refractivity contribution is 7.89. The van der Waals surface area contributed by atoms with Crippen LogP contribution in [0.2, 0.25) is 0 Å². The van der Waals surface area contributed by atoms with Crippen LogP contribution in [0.25, 0.3) is 0 Å². The predicted octanol–water partition coefficient (Wildman–Crippen LogP) is 2.22. The fourth-order valence-electron chi connectivity index (χ4n) is 2.32. The second-order valence-corrected chi connectivity index (χ2v) is 7.55. The molecule has 106 valence electrons. The number of thiophene rings is 1. The minimum atomic E-state index is -3.68. The van der Waals surface area contributed by atoms with E-state index in [2.05, 4.69) is 0 Å². The normalized spacial score (nSPS) is 16.1. The summed E-state index contributed by atoms with van der Waals surface area (Å²) in [5.74, 6) is -0.541. The Balaban J connectivity index is 1.97. The van der Waals surface area contributed by atoms with Gasteiger partial charge in [-0.3, -0.25) is 0 Å². The molecule has 4 nitrogen and oxygen atoms in total. The lowest BCUT2D eigenvalue weighted by Crippen LogP contribution is -2.35. The molecule has 7 heteroatoms. The number of nitrogen functional groups attached to an aromatic ring is 1. The van der Waals surface area contributed by atoms with Crippen molar-refractivity contribution < 1.29 is 12.8 Å². The Kier molecular flexibility index (Phi) is 3.27. The van der Waals surface area contributed by atoms with E-state index < -0.39 is 15.8 Å². The van der Waals surface area contributed by atoms with Gasteiger partial charge in [-0.1, -0.05) is 0 Å². The number of nitrogens with two attached hydrogens (primary N) is 1. The summed E-state index contributed by atoms with van der Waals surface area (Å²) in [5.41, 5.74) is 6.62. The number of halogens is 1. The molecule has 1 aromatic heterocycles. The molecule has 1 aliphatic heterocycles. The van der Waals surface area contributed by atoms with E-state index in [4.69, 9.17) is 5.73 Å². The predicted molar refractivity (Wildman–Crippen MR) is 76.4 cm³/mol. The molecule has 0 bridgehead atoms. The summed E-state index contributed by atoms with van der Waals surface area (Å²) >= 11 is 1.64. The van der Waals surface area contributed by atoms with E-state index in [1.54, 1.807) is 11.3 Å². The molecular formula is C13H13FN2O2S2. The van der Waals surface area contributed by atoms with Gasteiger partial charge in [-0.25, -0.2) is 12.8 Å². The molecule has 0 saturated carbocycles. The largest absolute Gasteiger partial charge is 0.398 e. The number of sulfonamides is 1. The highest BCUT2D eigenvalue weighted by atomic mass is 32.2. The molecule has 0 saturated heterocycles. The summed E-state index contributed by atoms with van der Waals surface area (Å²) in [6, 6.07) is 5.31. The standard InChI is InChI=1S/C13H13FN2O2S2/c14-10-1-2-13(11(15)7-10)20(17,18)16-5-3-12-9(8-16)4-6-19-12/h1-2,4,6-7H,3,5,8,15H2. The van der Waals surface area contributed by atoms with Crippen molar-refractivity contribution in [3.8, 4) is 0 Å². The molecule has 0 atom stereocenters. The van der Waals surface area contributed by atoms with Crippen molar-refractivity contribution in [3.63, 3.8) is 0 Å². The summed E-state index contributed by atoms with van der Waals surface area (Å²) in [4.78, 5) is 1.20. The van der Waals surface area contributed by atoms with Gasteiger partial charge in [-0.15, -0.1) is 11.3 Å². The highest BCUT2D eigenvalue weighted by Gasteiger charge is 2.30. The maximum Gasteiger partial charge on any atom is 0.245 e. The number of rotatable bonds is 2. The third kappa shape index (κ3) is 2.21. The third-order valence-electron chi connectivity index (χ3n) is 3.36. The van der Waals surface area contributed by atoms with Crippen LogP contribution in [0.5, 0.6) is 0 Å². The SMILES string of the molecule is Nc1cc(F)ccc1S(=O)(=O)N1CCc2sccc2C1. The van der Waals surface area contributed by atoms with E-state index >= 15 is 0 Å². The molecule has 2 aromatic rings. The zero-order valence-electron chi connectivity index (χ0n) is 10.5. The lowest BCUT2D eigenvalue weighted by Gasteiger charge is -2.26. The van der Waals surface area contributed by atoms with Crippen LogP contribution >= 0.6 is 11.3 Å². The quantitative estimate of drug-likeness (QED) is 0.865. The summed E-state index contributed by atoms with van der Waals surface area (Å²) < 4.78 is 39.6. The molecule has 20 heavy (non-hydrogen) atoms. The van der Waals surface area contributed by atoms with Crippen molar-refractivity contribution in [2.24, 2.45) is 0 Å². The first-order valence-electron chi connectivity index (χ1n) is 6.09. The minimum Gasteiger partial charge on any atom is -0.398 e. The fraction of sp³-hybridized carbons (Fsp3) is 0.231. The van der Waals surface area contributed by atoms with Crippen LogP contribution in [0.1, 0.15) is 10.4 Å². The maximum absolute atomic E-state index is 13.0. The number of nitrogens with zero attached hydrogens (tertiary/aromatic N) is 1. The van der Waals surface area contributed by atoms with Crippen LogP contribution in [0.4, 0.5) is 10.1 Å². The van der Waals surface area contributed by atoms with Crippen molar-refractivity contribution in [2.75, 3.05) is 12.3 Å². The molecule has 1 aliphatic rings. The van der Waals surface area contributed by atoms with Crippen LogP contribution in [0.15, 0.2) is 34.5 Å². The van der Waals surface area contributed by atoms with Crippen LogP contribution in [0, 0.1) is 5.82 Å². The molecule has 2 N–H and O–H groups in total. The Labute approximate surface area is 120 Å². The van der Waals surface area contributed by atoms with Crippen molar-refractivity contribution in [1.82, 2.24) is 4.31 Å². The summed E-state index contributed by atoms with van der Waals surface area (Å²) in [6.07, 6.45) is 0.702. The van der Waals surface area contributed by atoms with Crippen molar-refractivity contribution in [1.29, 1.82) is 0 Å². The number of hydrogen-bond donors (Lipinski definition) is 1. The van der Waals surface area contributed by atoms with E-state index in [1.807, 2.05) is 11.4 Å². The Morgan fingerprint density at radius 1 is 1.30 bits per heavy atom. The molecule has 0 radical (unpaired) electrons. The molecule has 0 amide bonds. The number of hydrogen-bond acceptors (Lipinski definition) is 4. The van der Waals surface area contributed by atoms with Gasteiger partial charge in [-0.05, 0) is 41.6 Å². The Morgan fingerprint density at radius 2 is 2.10 bits per heavy atom. The molecule has 2 heterocycles. The zero-order valence-corrected chi connectivity index (χ0v) is 12.2.